The van der Waals surface area contributed by atoms with Crippen LogP contribution in [0.1, 0.15) is 43.1 Å². The number of nitrogens with zero attached hydrogens (tertiary/aromatic N) is 2. The first-order valence-corrected chi connectivity index (χ1v) is 9.47. The van der Waals surface area contributed by atoms with Crippen molar-refractivity contribution in [3.63, 3.8) is 0 Å². The molecule has 0 amide bonds. The molecule has 1 aliphatic rings. The van der Waals surface area contributed by atoms with Gasteiger partial charge in [0.25, 0.3) is 0 Å². The number of carbonyl (C=O) groups excluding carboxylic acids is 1. The Labute approximate surface area is 153 Å². The molecule has 0 N–H and O–H groups in total. The maximum absolute atomic E-state index is 12.5. The average molecular weight is 348 g/mol. The van der Waals surface area contributed by atoms with Gasteiger partial charge in [-0.1, -0.05) is 18.9 Å². The number of esters is 1. The maximum atomic E-state index is 12.5. The van der Waals surface area contributed by atoms with Crippen molar-refractivity contribution in [3.8, 4) is 11.1 Å². The largest absolute Gasteiger partial charge is 0.461 e. The third-order valence-corrected chi connectivity index (χ3v) is 5.32. The fraction of sp³-hybridized carbons (Fsp3) is 0.364. The number of fused-ring (bicyclic) bond motifs is 1. The zero-order chi connectivity index (χ0) is 17.9. The molecule has 0 spiro atoms. The summed E-state index contributed by atoms with van der Waals surface area (Å²) < 4.78 is 7.48. The minimum absolute atomic E-state index is 0.229. The zero-order valence-electron chi connectivity index (χ0n) is 15.1. The van der Waals surface area contributed by atoms with Gasteiger partial charge in [0, 0.05) is 29.8 Å². The number of pyridine rings is 1. The van der Waals surface area contributed by atoms with Gasteiger partial charge in [0.2, 0.25) is 0 Å². The molecule has 4 rings (SSSR count). The second kappa shape index (κ2) is 7.32. The summed E-state index contributed by atoms with van der Waals surface area (Å²) in [7, 11) is 0. The van der Waals surface area contributed by atoms with Crippen LogP contribution in [0.3, 0.4) is 0 Å². The van der Waals surface area contributed by atoms with Crippen LogP contribution in [0.5, 0.6) is 0 Å². The molecule has 1 aliphatic carbocycles. The highest BCUT2D eigenvalue weighted by Gasteiger charge is 2.22. The number of carbonyl (C=O) groups is 1. The van der Waals surface area contributed by atoms with Crippen molar-refractivity contribution in [2.24, 2.45) is 5.92 Å². The van der Waals surface area contributed by atoms with Gasteiger partial charge in [-0.25, -0.2) is 4.79 Å². The molecule has 1 aromatic carbocycles. The van der Waals surface area contributed by atoms with Gasteiger partial charge < -0.3 is 9.30 Å². The van der Waals surface area contributed by atoms with Crippen molar-refractivity contribution in [2.45, 2.75) is 39.2 Å². The normalized spacial score (nSPS) is 14.8. The third kappa shape index (κ3) is 3.24. The van der Waals surface area contributed by atoms with Gasteiger partial charge in [0.15, 0.2) is 0 Å². The lowest BCUT2D eigenvalue weighted by Gasteiger charge is -2.15. The fourth-order valence-corrected chi connectivity index (χ4v) is 4.02. The number of benzene rings is 1. The van der Waals surface area contributed by atoms with Crippen LogP contribution in [0.25, 0.3) is 22.0 Å². The van der Waals surface area contributed by atoms with Crippen LogP contribution in [0, 0.1) is 5.92 Å². The molecule has 0 bridgehead atoms. The van der Waals surface area contributed by atoms with E-state index in [1.807, 2.05) is 25.1 Å². The van der Waals surface area contributed by atoms with Gasteiger partial charge in [-0.2, -0.15) is 0 Å². The number of hydrogen-bond donors (Lipinski definition) is 0. The highest BCUT2D eigenvalue weighted by Crippen LogP contribution is 2.31. The molecule has 26 heavy (non-hydrogen) atoms. The average Bonchev–Trinajstić information content (AvgIpc) is 3.31. The molecular formula is C22H24N2O2. The second-order valence-electron chi connectivity index (χ2n) is 7.02. The molecule has 0 aliphatic heterocycles. The van der Waals surface area contributed by atoms with Crippen LogP contribution in [0.4, 0.5) is 0 Å². The quantitative estimate of drug-likeness (QED) is 0.605. The minimum atomic E-state index is -0.229. The lowest BCUT2D eigenvalue weighted by molar-refractivity contribution is 0.0513. The van der Waals surface area contributed by atoms with Crippen LogP contribution < -0.4 is 0 Å². The van der Waals surface area contributed by atoms with Gasteiger partial charge in [-0.05, 0) is 67.1 Å². The van der Waals surface area contributed by atoms with Crippen LogP contribution in [0.2, 0.25) is 0 Å². The van der Waals surface area contributed by atoms with E-state index in [0.29, 0.717) is 18.2 Å². The van der Waals surface area contributed by atoms with Crippen molar-refractivity contribution in [2.75, 3.05) is 6.61 Å². The molecule has 0 saturated heterocycles. The van der Waals surface area contributed by atoms with Gasteiger partial charge >= 0.3 is 5.97 Å². The Morgan fingerprint density at radius 3 is 2.62 bits per heavy atom. The highest BCUT2D eigenvalue weighted by atomic mass is 16.5. The molecule has 2 heterocycles. The molecule has 2 aromatic heterocycles. The predicted octanol–water partition coefficient (Wildman–Crippen LogP) is 5.07. The lowest BCUT2D eigenvalue weighted by Crippen LogP contribution is -2.15. The Morgan fingerprint density at radius 2 is 1.88 bits per heavy atom. The van der Waals surface area contributed by atoms with E-state index in [9.17, 15) is 4.79 Å². The van der Waals surface area contributed by atoms with Gasteiger partial charge in [-0.15, -0.1) is 0 Å². The Hall–Kier alpha value is -2.62. The van der Waals surface area contributed by atoms with Crippen molar-refractivity contribution in [1.82, 2.24) is 9.55 Å². The Balaban J connectivity index is 1.77. The first-order chi connectivity index (χ1) is 12.8. The molecule has 3 aromatic rings. The Kier molecular flexibility index (Phi) is 4.74. The number of hydrogen-bond acceptors (Lipinski definition) is 3. The fourth-order valence-electron chi connectivity index (χ4n) is 4.02. The number of rotatable bonds is 5. The van der Waals surface area contributed by atoms with Crippen molar-refractivity contribution < 1.29 is 9.53 Å². The first-order valence-electron chi connectivity index (χ1n) is 9.47. The van der Waals surface area contributed by atoms with Crippen LogP contribution in [0.15, 0.2) is 48.8 Å². The van der Waals surface area contributed by atoms with E-state index in [1.165, 1.54) is 25.7 Å². The van der Waals surface area contributed by atoms with E-state index < -0.39 is 0 Å². The molecule has 0 radical (unpaired) electrons. The third-order valence-electron chi connectivity index (χ3n) is 5.32. The second-order valence-corrected chi connectivity index (χ2v) is 7.02. The summed E-state index contributed by atoms with van der Waals surface area (Å²) in [6.07, 6.45) is 8.69. The molecule has 4 heteroatoms. The highest BCUT2D eigenvalue weighted by molar-refractivity contribution is 5.97. The first kappa shape index (κ1) is 16.8. The van der Waals surface area contributed by atoms with Crippen molar-refractivity contribution in [3.05, 3.63) is 54.5 Å². The molecule has 0 unspecified atom stereocenters. The summed E-state index contributed by atoms with van der Waals surface area (Å²) in [5, 5.41) is 1.08. The molecule has 0 atom stereocenters. The summed E-state index contributed by atoms with van der Waals surface area (Å²) in [6.45, 7) is 3.14. The minimum Gasteiger partial charge on any atom is -0.461 e. The molecule has 4 nitrogen and oxygen atoms in total. The topological polar surface area (TPSA) is 44.1 Å². The van der Waals surface area contributed by atoms with Crippen LogP contribution in [-0.2, 0) is 11.3 Å². The molecular weight excluding hydrogens is 324 g/mol. The van der Waals surface area contributed by atoms with Gasteiger partial charge in [0.05, 0.1) is 6.61 Å². The van der Waals surface area contributed by atoms with E-state index >= 15 is 0 Å². The molecule has 1 fully saturated rings. The van der Waals surface area contributed by atoms with E-state index in [1.54, 1.807) is 12.4 Å². The summed E-state index contributed by atoms with van der Waals surface area (Å²) in [4.78, 5) is 16.6. The smallest absolute Gasteiger partial charge is 0.354 e. The monoisotopic (exact) mass is 348 g/mol. The molecule has 1 saturated carbocycles. The predicted molar refractivity (Wildman–Crippen MR) is 103 cm³/mol. The SMILES string of the molecule is CCOC(=O)c1cc2cc(-c3ccncc3)ccc2n1CC1CCCC1. The number of aromatic nitrogens is 2. The number of ether oxygens (including phenoxy) is 1. The van der Waals surface area contributed by atoms with E-state index in [4.69, 9.17) is 4.74 Å². The van der Waals surface area contributed by atoms with Crippen LogP contribution in [-0.4, -0.2) is 22.1 Å². The Morgan fingerprint density at radius 1 is 1.12 bits per heavy atom. The summed E-state index contributed by atoms with van der Waals surface area (Å²) in [5.41, 5.74) is 4.04. The summed E-state index contributed by atoms with van der Waals surface area (Å²) in [5.74, 6) is 0.422. The van der Waals surface area contributed by atoms with E-state index in [-0.39, 0.29) is 5.97 Å². The van der Waals surface area contributed by atoms with Crippen LogP contribution >= 0.6 is 0 Å². The Bertz CT molecular complexity index is 909. The van der Waals surface area contributed by atoms with E-state index in [2.05, 4.69) is 27.8 Å². The maximum Gasteiger partial charge on any atom is 0.354 e. The van der Waals surface area contributed by atoms with Crippen molar-refractivity contribution in [1.29, 1.82) is 0 Å². The van der Waals surface area contributed by atoms with E-state index in [0.717, 1.165) is 28.6 Å². The summed E-state index contributed by atoms with van der Waals surface area (Å²) in [6, 6.07) is 12.4. The lowest BCUT2D eigenvalue weighted by atomic mass is 10.1. The van der Waals surface area contributed by atoms with Gasteiger partial charge in [-0.3, -0.25) is 4.98 Å². The summed E-state index contributed by atoms with van der Waals surface area (Å²) >= 11 is 0. The zero-order valence-corrected chi connectivity index (χ0v) is 15.1. The standard InChI is InChI=1S/C22H24N2O2/c1-2-26-22(25)21-14-19-13-18(17-9-11-23-12-10-17)7-8-20(19)24(21)15-16-5-3-4-6-16/h7-14,16H,2-6,15H2,1H3. The van der Waals surface area contributed by atoms with Gasteiger partial charge in [0.1, 0.15) is 5.69 Å². The van der Waals surface area contributed by atoms with Crippen molar-refractivity contribution >= 4 is 16.9 Å². The molecule has 134 valence electrons.